The van der Waals surface area contributed by atoms with Gasteiger partial charge in [-0.1, -0.05) is 109 Å². The molecule has 0 saturated heterocycles. The molecule has 0 amide bonds. The Morgan fingerprint density at radius 2 is 0.889 bits per heavy atom. The minimum atomic E-state index is 0.864. The van der Waals surface area contributed by atoms with Gasteiger partial charge in [0.15, 0.2) is 0 Å². The molecular weight excluding hydrogens is 677 g/mol. The molecule has 0 aliphatic heterocycles. The first kappa shape index (κ1) is 30.7. The molecule has 0 spiro atoms. The summed E-state index contributed by atoms with van der Waals surface area (Å²) in [5, 5.41) is 9.45. The second kappa shape index (κ2) is 12.4. The summed E-state index contributed by atoms with van der Waals surface area (Å²) in [7, 11) is 0. The first-order valence-electron chi connectivity index (χ1n) is 18.3. The molecule has 254 valence electrons. The highest BCUT2D eigenvalue weighted by atomic mass is 32.1. The van der Waals surface area contributed by atoms with Gasteiger partial charge in [-0.2, -0.15) is 0 Å². The van der Waals surface area contributed by atoms with Gasteiger partial charge in [0.2, 0.25) is 0 Å². The van der Waals surface area contributed by atoms with E-state index in [1.165, 1.54) is 42.0 Å². The van der Waals surface area contributed by atoms with E-state index in [4.69, 9.17) is 4.42 Å². The summed E-state index contributed by atoms with van der Waals surface area (Å²) in [5.74, 6) is 0. The summed E-state index contributed by atoms with van der Waals surface area (Å²) >= 11 is 1.85. The van der Waals surface area contributed by atoms with Crippen LogP contribution in [-0.2, 0) is 0 Å². The van der Waals surface area contributed by atoms with Gasteiger partial charge < -0.3 is 14.2 Å². The number of anilines is 6. The molecule has 0 aliphatic carbocycles. The molecule has 0 unspecified atom stereocenters. The van der Waals surface area contributed by atoms with Gasteiger partial charge in [-0.3, -0.25) is 0 Å². The Hall–Kier alpha value is -6.88. The van der Waals surface area contributed by atoms with E-state index in [2.05, 4.69) is 204 Å². The topological polar surface area (TPSA) is 19.6 Å². The summed E-state index contributed by atoms with van der Waals surface area (Å²) < 4.78 is 9.48. The van der Waals surface area contributed by atoms with Crippen molar-refractivity contribution in [2.24, 2.45) is 0 Å². The Bertz CT molecular complexity index is 3130. The largest absolute Gasteiger partial charge is 0.455 e. The average Bonchev–Trinajstić information content (AvgIpc) is 3.82. The van der Waals surface area contributed by atoms with Crippen LogP contribution in [0.4, 0.5) is 34.1 Å². The second-order valence-electron chi connectivity index (χ2n) is 13.7. The lowest BCUT2D eigenvalue weighted by Crippen LogP contribution is -2.10. The zero-order valence-electron chi connectivity index (χ0n) is 29.2. The van der Waals surface area contributed by atoms with Crippen molar-refractivity contribution in [3.8, 4) is 0 Å². The fraction of sp³-hybridized carbons (Fsp3) is 0. The summed E-state index contributed by atoms with van der Waals surface area (Å²) in [6, 6.07) is 69.4. The van der Waals surface area contributed by atoms with Gasteiger partial charge >= 0.3 is 0 Å². The van der Waals surface area contributed by atoms with E-state index in [9.17, 15) is 0 Å². The van der Waals surface area contributed by atoms with E-state index < -0.39 is 0 Å². The fourth-order valence-electron chi connectivity index (χ4n) is 8.26. The lowest BCUT2D eigenvalue weighted by molar-refractivity contribution is 0.673. The third-order valence-corrected chi connectivity index (χ3v) is 11.7. The van der Waals surface area contributed by atoms with Crippen molar-refractivity contribution >= 4 is 109 Å². The van der Waals surface area contributed by atoms with Gasteiger partial charge in [-0.15, -0.1) is 11.3 Å². The molecule has 0 fully saturated rings. The Balaban J connectivity index is 1.15. The Morgan fingerprint density at radius 1 is 0.333 bits per heavy atom. The van der Waals surface area contributed by atoms with Crippen LogP contribution < -0.4 is 9.80 Å². The smallest absolute Gasteiger partial charge is 0.143 e. The Labute approximate surface area is 316 Å². The predicted molar refractivity (Wildman–Crippen MR) is 231 cm³/mol. The SMILES string of the molecule is c1ccc(N(c2ccccc2)c2ccc3c(c2)oc2c4ccccc4c4cc(N(c5ccccc5)c5cccc6sc7ccccc7c56)ccc4c32)cc1. The van der Waals surface area contributed by atoms with Crippen LogP contribution in [0.3, 0.4) is 0 Å². The molecule has 11 rings (SSSR count). The van der Waals surface area contributed by atoms with Crippen LogP contribution in [0.25, 0.3) is 63.7 Å². The summed E-state index contributed by atoms with van der Waals surface area (Å²) in [6.07, 6.45) is 0. The maximum atomic E-state index is 6.90. The molecule has 2 aromatic heterocycles. The highest BCUT2D eigenvalue weighted by Gasteiger charge is 2.22. The molecule has 0 bridgehead atoms. The highest BCUT2D eigenvalue weighted by Crippen LogP contribution is 2.48. The molecule has 9 aromatic carbocycles. The molecule has 2 heterocycles. The zero-order valence-corrected chi connectivity index (χ0v) is 30.0. The molecule has 0 radical (unpaired) electrons. The van der Waals surface area contributed by atoms with Gasteiger partial charge in [-0.05, 0) is 95.0 Å². The Kier molecular flexibility index (Phi) is 7.04. The number of furan rings is 1. The number of benzene rings is 9. The third kappa shape index (κ3) is 4.81. The molecule has 0 saturated carbocycles. The monoisotopic (exact) mass is 708 g/mol. The first-order chi connectivity index (χ1) is 26.8. The van der Waals surface area contributed by atoms with Crippen molar-refractivity contribution in [1.82, 2.24) is 0 Å². The minimum Gasteiger partial charge on any atom is -0.455 e. The predicted octanol–water partition coefficient (Wildman–Crippen LogP) is 15.2. The maximum absolute atomic E-state index is 6.90. The standard InChI is InChI=1S/C50H32N2OS/c1-4-15-33(16-5-1)51(34-17-6-2-7-18-34)37-28-30-41-45(32-37)53-50-40-22-11-10-21-38(40)43-31-36(27-29-39(43)48(41)50)52(35-19-8-3-9-20-35)44-24-14-26-47-49(44)42-23-12-13-25-46(42)54-47/h1-32H. The maximum Gasteiger partial charge on any atom is 0.143 e. The first-order valence-corrected chi connectivity index (χ1v) is 19.1. The van der Waals surface area contributed by atoms with Crippen molar-refractivity contribution in [1.29, 1.82) is 0 Å². The molecule has 4 heteroatoms. The van der Waals surface area contributed by atoms with Crippen molar-refractivity contribution in [3.05, 3.63) is 194 Å². The van der Waals surface area contributed by atoms with Crippen molar-refractivity contribution in [3.63, 3.8) is 0 Å². The molecule has 11 aromatic rings. The van der Waals surface area contributed by atoms with Crippen molar-refractivity contribution in [2.75, 3.05) is 9.80 Å². The van der Waals surface area contributed by atoms with E-state index in [-0.39, 0.29) is 0 Å². The van der Waals surface area contributed by atoms with Crippen LogP contribution in [0.2, 0.25) is 0 Å². The normalized spacial score (nSPS) is 11.7. The van der Waals surface area contributed by atoms with E-state index in [1.807, 2.05) is 11.3 Å². The number of hydrogen-bond acceptors (Lipinski definition) is 4. The quantitative estimate of drug-likeness (QED) is 0.160. The molecule has 54 heavy (non-hydrogen) atoms. The van der Waals surface area contributed by atoms with E-state index in [1.54, 1.807) is 0 Å². The van der Waals surface area contributed by atoms with Crippen LogP contribution >= 0.6 is 11.3 Å². The van der Waals surface area contributed by atoms with Crippen molar-refractivity contribution in [2.45, 2.75) is 0 Å². The van der Waals surface area contributed by atoms with Gasteiger partial charge in [0, 0.05) is 70.8 Å². The number of rotatable bonds is 6. The van der Waals surface area contributed by atoms with Crippen LogP contribution in [-0.4, -0.2) is 0 Å². The molecule has 3 nitrogen and oxygen atoms in total. The van der Waals surface area contributed by atoms with Gasteiger partial charge in [-0.25, -0.2) is 0 Å². The van der Waals surface area contributed by atoms with E-state index in [0.29, 0.717) is 0 Å². The van der Waals surface area contributed by atoms with Gasteiger partial charge in [0.25, 0.3) is 0 Å². The Morgan fingerprint density at radius 3 is 1.59 bits per heavy atom. The van der Waals surface area contributed by atoms with E-state index in [0.717, 1.165) is 55.8 Å². The third-order valence-electron chi connectivity index (χ3n) is 10.6. The number of thiophene rings is 1. The summed E-state index contributed by atoms with van der Waals surface area (Å²) in [5.41, 5.74) is 8.41. The number of nitrogens with zero attached hydrogens (tertiary/aromatic N) is 2. The molecule has 0 N–H and O–H groups in total. The molecule has 0 atom stereocenters. The van der Waals surface area contributed by atoms with Gasteiger partial charge in [0.1, 0.15) is 11.2 Å². The number of para-hydroxylation sites is 3. The van der Waals surface area contributed by atoms with Crippen LogP contribution in [0.1, 0.15) is 0 Å². The highest BCUT2D eigenvalue weighted by molar-refractivity contribution is 7.26. The second-order valence-corrected chi connectivity index (χ2v) is 14.8. The van der Waals surface area contributed by atoms with Crippen LogP contribution in [0, 0.1) is 0 Å². The minimum absolute atomic E-state index is 0.864. The number of fused-ring (bicyclic) bond motifs is 11. The zero-order chi connectivity index (χ0) is 35.6. The van der Waals surface area contributed by atoms with Crippen molar-refractivity contribution < 1.29 is 4.42 Å². The van der Waals surface area contributed by atoms with Crippen LogP contribution in [0.15, 0.2) is 199 Å². The van der Waals surface area contributed by atoms with Crippen LogP contribution in [0.5, 0.6) is 0 Å². The lowest BCUT2D eigenvalue weighted by Gasteiger charge is -2.27. The lowest BCUT2D eigenvalue weighted by atomic mass is 9.96. The molecular formula is C50H32N2OS. The average molecular weight is 709 g/mol. The summed E-state index contributed by atoms with van der Waals surface area (Å²) in [4.78, 5) is 4.70. The number of hydrogen-bond donors (Lipinski definition) is 0. The summed E-state index contributed by atoms with van der Waals surface area (Å²) in [6.45, 7) is 0. The fourth-order valence-corrected chi connectivity index (χ4v) is 9.38. The van der Waals surface area contributed by atoms with Gasteiger partial charge in [0.05, 0.1) is 5.69 Å². The van der Waals surface area contributed by atoms with E-state index >= 15 is 0 Å². The molecule has 0 aliphatic rings.